The van der Waals surface area contributed by atoms with Crippen LogP contribution in [0.4, 0.5) is 0 Å². The third-order valence-electron chi connectivity index (χ3n) is 1.32. The Morgan fingerprint density at radius 2 is 2.08 bits per heavy atom. The monoisotopic (exact) mass is 204 g/mol. The predicted molar refractivity (Wildman–Crippen MR) is 50.0 cm³/mol. The summed E-state index contributed by atoms with van der Waals surface area (Å²) in [5.74, 6) is 0.0492. The molecule has 1 aromatic carbocycles. The Kier molecular flexibility index (Phi) is 2.75. The maximum Gasteiger partial charge on any atom is 0.151 e. The van der Waals surface area contributed by atoms with Crippen molar-refractivity contribution in [1.29, 1.82) is 0 Å². The zero-order valence-electron chi connectivity index (χ0n) is 6.62. The fourth-order valence-electron chi connectivity index (χ4n) is 0.929. The fourth-order valence-corrected chi connectivity index (χ4v) is 1.93. The Bertz CT molecular complexity index is 370. The second-order valence-corrected chi connectivity index (χ2v) is 5.28. The molecule has 0 aromatic heterocycles. The van der Waals surface area contributed by atoms with Crippen molar-refractivity contribution in [1.82, 2.24) is 0 Å². The number of benzene rings is 1. The van der Waals surface area contributed by atoms with Crippen LogP contribution < -0.4 is 0 Å². The van der Waals surface area contributed by atoms with Gasteiger partial charge in [-0.1, -0.05) is 23.7 Å². The number of rotatable bonds is 2. The summed E-state index contributed by atoms with van der Waals surface area (Å²) in [6, 6.07) is 6.85. The highest BCUT2D eigenvalue weighted by molar-refractivity contribution is 7.89. The molecule has 1 rings (SSSR count). The van der Waals surface area contributed by atoms with E-state index in [1.165, 1.54) is 6.26 Å². The van der Waals surface area contributed by atoms with Gasteiger partial charge in [-0.2, -0.15) is 0 Å². The smallest absolute Gasteiger partial charge is 0.151 e. The van der Waals surface area contributed by atoms with E-state index in [2.05, 4.69) is 0 Å². The Morgan fingerprint density at radius 3 is 2.58 bits per heavy atom. The number of halogens is 1. The quantitative estimate of drug-likeness (QED) is 0.737. The van der Waals surface area contributed by atoms with E-state index in [1.807, 2.05) is 0 Å². The van der Waals surface area contributed by atoms with Crippen LogP contribution in [0.1, 0.15) is 5.56 Å². The van der Waals surface area contributed by atoms with E-state index in [4.69, 9.17) is 11.6 Å². The maximum absolute atomic E-state index is 10.9. The Balaban J connectivity index is 2.91. The first-order valence-corrected chi connectivity index (χ1v) is 5.83. The molecule has 0 saturated heterocycles. The van der Waals surface area contributed by atoms with Crippen LogP contribution in [0.15, 0.2) is 24.3 Å². The standard InChI is InChI=1S/C8H9ClO2S/c1-12(10,11)6-7-3-2-4-8(9)5-7/h2-5H,6H2,1H3. The second-order valence-electron chi connectivity index (χ2n) is 2.70. The highest BCUT2D eigenvalue weighted by Gasteiger charge is 2.03. The number of hydrogen-bond donors (Lipinski definition) is 0. The van der Waals surface area contributed by atoms with Crippen LogP contribution in [0, 0.1) is 0 Å². The summed E-state index contributed by atoms with van der Waals surface area (Å²) in [6.45, 7) is 0. The first-order chi connectivity index (χ1) is 5.47. The van der Waals surface area contributed by atoms with E-state index in [-0.39, 0.29) is 5.75 Å². The number of hydrogen-bond acceptors (Lipinski definition) is 2. The summed E-state index contributed by atoms with van der Waals surface area (Å²) in [7, 11) is -2.95. The van der Waals surface area contributed by atoms with Crippen LogP contribution in [0.2, 0.25) is 5.02 Å². The first kappa shape index (κ1) is 9.55. The highest BCUT2D eigenvalue weighted by Crippen LogP contribution is 2.12. The molecule has 2 nitrogen and oxygen atoms in total. The van der Waals surface area contributed by atoms with Crippen LogP contribution in [0.3, 0.4) is 0 Å². The molecule has 0 aliphatic rings. The molecule has 0 radical (unpaired) electrons. The van der Waals surface area contributed by atoms with Gasteiger partial charge in [0.15, 0.2) is 9.84 Å². The van der Waals surface area contributed by atoms with Crippen LogP contribution >= 0.6 is 11.6 Å². The van der Waals surface area contributed by atoms with Gasteiger partial charge < -0.3 is 0 Å². The van der Waals surface area contributed by atoms with Gasteiger partial charge in [0.05, 0.1) is 5.75 Å². The van der Waals surface area contributed by atoms with Gasteiger partial charge in [0.25, 0.3) is 0 Å². The van der Waals surface area contributed by atoms with E-state index < -0.39 is 9.84 Å². The molecule has 12 heavy (non-hydrogen) atoms. The molecule has 1 aromatic rings. The maximum atomic E-state index is 10.9. The van der Waals surface area contributed by atoms with Gasteiger partial charge >= 0.3 is 0 Å². The molecule has 0 fully saturated rings. The Labute approximate surface area is 77.1 Å². The normalized spacial score (nSPS) is 11.5. The van der Waals surface area contributed by atoms with Crippen LogP contribution in [0.25, 0.3) is 0 Å². The first-order valence-electron chi connectivity index (χ1n) is 3.39. The zero-order chi connectivity index (χ0) is 9.19. The summed E-state index contributed by atoms with van der Waals surface area (Å²) < 4.78 is 21.7. The highest BCUT2D eigenvalue weighted by atomic mass is 35.5. The van der Waals surface area contributed by atoms with Crippen LogP contribution in [0.5, 0.6) is 0 Å². The lowest BCUT2D eigenvalue weighted by Gasteiger charge is -1.98. The van der Waals surface area contributed by atoms with E-state index in [0.717, 1.165) is 5.56 Å². The topological polar surface area (TPSA) is 34.1 Å². The van der Waals surface area contributed by atoms with Gasteiger partial charge in [0.1, 0.15) is 0 Å². The molecular weight excluding hydrogens is 196 g/mol. The van der Waals surface area contributed by atoms with E-state index in [9.17, 15) is 8.42 Å². The molecule has 0 unspecified atom stereocenters. The van der Waals surface area contributed by atoms with Crippen molar-refractivity contribution in [2.75, 3.05) is 6.26 Å². The van der Waals surface area contributed by atoms with Gasteiger partial charge in [-0.25, -0.2) is 8.42 Å². The minimum absolute atomic E-state index is 0.0492. The van der Waals surface area contributed by atoms with Crippen molar-refractivity contribution < 1.29 is 8.42 Å². The molecule has 4 heteroatoms. The molecule has 0 saturated carbocycles. The summed E-state index contributed by atoms with van der Waals surface area (Å²) in [5, 5.41) is 0.566. The summed E-state index contributed by atoms with van der Waals surface area (Å²) >= 11 is 5.68. The summed E-state index contributed by atoms with van der Waals surface area (Å²) in [4.78, 5) is 0. The largest absolute Gasteiger partial charge is 0.229 e. The second kappa shape index (κ2) is 3.46. The summed E-state index contributed by atoms with van der Waals surface area (Å²) in [5.41, 5.74) is 0.727. The van der Waals surface area contributed by atoms with Gasteiger partial charge in [-0.15, -0.1) is 0 Å². The van der Waals surface area contributed by atoms with Crippen molar-refractivity contribution in [3.05, 3.63) is 34.9 Å². The molecular formula is C8H9ClO2S. The van der Waals surface area contributed by atoms with Crippen LogP contribution in [-0.4, -0.2) is 14.7 Å². The van der Waals surface area contributed by atoms with E-state index in [1.54, 1.807) is 24.3 Å². The average molecular weight is 205 g/mol. The average Bonchev–Trinajstić information content (AvgIpc) is 1.82. The van der Waals surface area contributed by atoms with Crippen molar-refractivity contribution in [3.8, 4) is 0 Å². The van der Waals surface area contributed by atoms with E-state index >= 15 is 0 Å². The molecule has 0 atom stereocenters. The predicted octanol–water partition coefficient (Wildman–Crippen LogP) is 1.88. The molecule has 0 aliphatic carbocycles. The van der Waals surface area contributed by atoms with Gasteiger partial charge in [-0.05, 0) is 17.7 Å². The summed E-state index contributed by atoms with van der Waals surface area (Å²) in [6.07, 6.45) is 1.20. The molecule has 0 heterocycles. The molecule has 66 valence electrons. The van der Waals surface area contributed by atoms with Gasteiger partial charge in [-0.3, -0.25) is 0 Å². The number of sulfone groups is 1. The third-order valence-corrected chi connectivity index (χ3v) is 2.41. The molecule has 0 amide bonds. The zero-order valence-corrected chi connectivity index (χ0v) is 8.19. The molecule has 0 spiro atoms. The van der Waals surface area contributed by atoms with Gasteiger partial charge in [0.2, 0.25) is 0 Å². The lowest BCUT2D eigenvalue weighted by atomic mass is 10.2. The van der Waals surface area contributed by atoms with Crippen LogP contribution in [-0.2, 0) is 15.6 Å². The van der Waals surface area contributed by atoms with Crippen molar-refractivity contribution in [3.63, 3.8) is 0 Å². The van der Waals surface area contributed by atoms with Gasteiger partial charge in [0, 0.05) is 11.3 Å². The SMILES string of the molecule is CS(=O)(=O)Cc1cccc(Cl)c1. The van der Waals surface area contributed by atoms with Crippen molar-refractivity contribution in [2.45, 2.75) is 5.75 Å². The van der Waals surface area contributed by atoms with Crippen molar-refractivity contribution in [2.24, 2.45) is 0 Å². The lowest BCUT2D eigenvalue weighted by molar-refractivity contribution is 0.601. The van der Waals surface area contributed by atoms with Crippen molar-refractivity contribution >= 4 is 21.4 Å². The molecule has 0 N–H and O–H groups in total. The Hall–Kier alpha value is -0.540. The van der Waals surface area contributed by atoms with E-state index in [0.29, 0.717) is 5.02 Å². The minimum atomic E-state index is -2.95. The minimum Gasteiger partial charge on any atom is -0.229 e. The third kappa shape index (κ3) is 3.24. The fraction of sp³-hybridized carbons (Fsp3) is 0.250. The Morgan fingerprint density at radius 1 is 1.42 bits per heavy atom. The molecule has 0 aliphatic heterocycles. The molecule has 0 bridgehead atoms. The lowest BCUT2D eigenvalue weighted by Crippen LogP contribution is -2.00.